The number of nitrogens with zero attached hydrogens (tertiary/aromatic N) is 4. The number of amides is 2. The highest BCUT2D eigenvalue weighted by Crippen LogP contribution is 2.29. The van der Waals surface area contributed by atoms with Crippen LogP contribution in [0.3, 0.4) is 0 Å². The van der Waals surface area contributed by atoms with Crippen molar-refractivity contribution < 1.29 is 23.1 Å². The zero-order valence-electron chi connectivity index (χ0n) is 18.2. The summed E-state index contributed by atoms with van der Waals surface area (Å²) in [6, 6.07) is 10.6. The van der Waals surface area contributed by atoms with E-state index in [1.165, 1.54) is 43.4 Å². The van der Waals surface area contributed by atoms with Crippen molar-refractivity contribution in [1.29, 1.82) is 0 Å². The molecule has 0 spiro atoms. The molecule has 0 aliphatic heterocycles. The van der Waals surface area contributed by atoms with Gasteiger partial charge in [-0.25, -0.2) is 18.7 Å². The van der Waals surface area contributed by atoms with Crippen LogP contribution in [-0.2, 0) is 4.79 Å². The van der Waals surface area contributed by atoms with Gasteiger partial charge in [-0.3, -0.25) is 9.59 Å². The van der Waals surface area contributed by atoms with Crippen molar-refractivity contribution in [3.8, 4) is 17.0 Å². The Bertz CT molecular complexity index is 1190. The first-order chi connectivity index (χ1) is 15.7. The van der Waals surface area contributed by atoms with Crippen molar-refractivity contribution in [3.05, 3.63) is 70.9 Å². The van der Waals surface area contributed by atoms with E-state index in [1.807, 2.05) is 6.92 Å². The SMILES string of the molecule is Cc1ccc(N(C)C(=O)CN(C)C(=O)c2ncc(Cl)c(-c3cccc(F)c3)n2)c(OCF)c1. The standard InChI is InChI=1S/C23H21ClF2N4O3/c1-14-7-8-18(19(9-14)33-13-25)30(3)20(31)12-29(2)23(32)22-27-11-17(24)21(28-22)15-5-4-6-16(26)10-15/h4-11H,12-13H2,1-3H3. The molecule has 0 aliphatic carbocycles. The molecule has 10 heteroatoms. The monoisotopic (exact) mass is 474 g/mol. The molecule has 3 rings (SSSR count). The molecule has 0 saturated carbocycles. The predicted octanol–water partition coefficient (Wildman–Crippen LogP) is 4.29. The number of halogens is 3. The minimum Gasteiger partial charge on any atom is -0.461 e. The van der Waals surface area contributed by atoms with Crippen molar-refractivity contribution in [2.24, 2.45) is 0 Å². The molecule has 0 fully saturated rings. The van der Waals surface area contributed by atoms with E-state index in [-0.39, 0.29) is 28.8 Å². The van der Waals surface area contributed by atoms with Gasteiger partial charge < -0.3 is 14.5 Å². The number of carbonyl (C=O) groups is 2. The van der Waals surface area contributed by atoms with Crippen LogP contribution in [0.1, 0.15) is 16.2 Å². The van der Waals surface area contributed by atoms with Gasteiger partial charge in [0.25, 0.3) is 5.91 Å². The average molecular weight is 475 g/mol. The molecule has 3 aromatic rings. The van der Waals surface area contributed by atoms with Gasteiger partial charge in [-0.15, -0.1) is 0 Å². The second-order valence-electron chi connectivity index (χ2n) is 7.24. The van der Waals surface area contributed by atoms with E-state index in [0.717, 1.165) is 10.5 Å². The quantitative estimate of drug-likeness (QED) is 0.510. The maximum Gasteiger partial charge on any atom is 0.291 e. The third kappa shape index (κ3) is 5.61. The molecule has 33 heavy (non-hydrogen) atoms. The van der Waals surface area contributed by atoms with Crippen molar-refractivity contribution in [1.82, 2.24) is 14.9 Å². The Kier molecular flexibility index (Phi) is 7.55. The number of anilines is 1. The van der Waals surface area contributed by atoms with Crippen LogP contribution in [0.2, 0.25) is 5.02 Å². The van der Waals surface area contributed by atoms with Crippen LogP contribution in [0.25, 0.3) is 11.3 Å². The van der Waals surface area contributed by atoms with E-state index >= 15 is 0 Å². The number of benzene rings is 2. The van der Waals surface area contributed by atoms with Crippen molar-refractivity contribution in [2.75, 3.05) is 32.4 Å². The summed E-state index contributed by atoms with van der Waals surface area (Å²) < 4.78 is 31.3. The van der Waals surface area contributed by atoms with Crippen LogP contribution in [0, 0.1) is 12.7 Å². The van der Waals surface area contributed by atoms with E-state index in [9.17, 15) is 18.4 Å². The lowest BCUT2D eigenvalue weighted by molar-refractivity contribution is -0.118. The molecule has 172 valence electrons. The van der Waals surface area contributed by atoms with E-state index in [0.29, 0.717) is 11.3 Å². The summed E-state index contributed by atoms with van der Waals surface area (Å²) in [7, 11) is 2.92. The van der Waals surface area contributed by atoms with E-state index < -0.39 is 24.5 Å². The predicted molar refractivity (Wildman–Crippen MR) is 121 cm³/mol. The normalized spacial score (nSPS) is 10.6. The van der Waals surface area contributed by atoms with Crippen LogP contribution < -0.4 is 9.64 Å². The van der Waals surface area contributed by atoms with Crippen LogP contribution in [0.4, 0.5) is 14.5 Å². The smallest absolute Gasteiger partial charge is 0.291 e. The fraction of sp³-hybridized carbons (Fsp3) is 0.217. The molecule has 2 amide bonds. The number of alkyl halides is 1. The lowest BCUT2D eigenvalue weighted by Gasteiger charge is -2.23. The number of aryl methyl sites for hydroxylation is 1. The molecular weight excluding hydrogens is 454 g/mol. The lowest BCUT2D eigenvalue weighted by atomic mass is 10.1. The van der Waals surface area contributed by atoms with Gasteiger partial charge in [0.15, 0.2) is 0 Å². The zero-order chi connectivity index (χ0) is 24.1. The summed E-state index contributed by atoms with van der Waals surface area (Å²) in [4.78, 5) is 36.2. The number of ether oxygens (including phenoxy) is 1. The Labute approximate surface area is 194 Å². The summed E-state index contributed by atoms with van der Waals surface area (Å²) in [5.74, 6) is -1.54. The van der Waals surface area contributed by atoms with Crippen LogP contribution >= 0.6 is 11.6 Å². The van der Waals surface area contributed by atoms with Gasteiger partial charge in [-0.05, 0) is 36.8 Å². The average Bonchev–Trinajstić information content (AvgIpc) is 2.78. The summed E-state index contributed by atoms with van der Waals surface area (Å²) in [5, 5.41) is 0.148. The number of rotatable bonds is 7. The first-order valence-electron chi connectivity index (χ1n) is 9.81. The molecule has 0 saturated heterocycles. The second-order valence-corrected chi connectivity index (χ2v) is 7.65. The molecule has 0 N–H and O–H groups in total. The van der Waals surface area contributed by atoms with Gasteiger partial charge in [0, 0.05) is 19.7 Å². The maximum absolute atomic E-state index is 13.6. The molecule has 0 unspecified atom stereocenters. The van der Waals surface area contributed by atoms with E-state index in [2.05, 4.69) is 9.97 Å². The minimum absolute atomic E-state index is 0.148. The highest BCUT2D eigenvalue weighted by Gasteiger charge is 2.23. The van der Waals surface area contributed by atoms with Gasteiger partial charge >= 0.3 is 0 Å². The lowest BCUT2D eigenvalue weighted by Crippen LogP contribution is -2.40. The number of aromatic nitrogens is 2. The fourth-order valence-corrected chi connectivity index (χ4v) is 3.27. The maximum atomic E-state index is 13.6. The molecule has 0 aliphatic rings. The third-order valence-electron chi connectivity index (χ3n) is 4.81. The molecule has 2 aromatic carbocycles. The molecule has 7 nitrogen and oxygen atoms in total. The van der Waals surface area contributed by atoms with E-state index in [1.54, 1.807) is 24.3 Å². The molecule has 0 atom stereocenters. The molecule has 1 aromatic heterocycles. The Balaban J connectivity index is 1.78. The molecule has 1 heterocycles. The summed E-state index contributed by atoms with van der Waals surface area (Å²) in [6.07, 6.45) is 1.25. The van der Waals surface area contributed by atoms with Crippen LogP contribution in [0.5, 0.6) is 5.75 Å². The van der Waals surface area contributed by atoms with Crippen molar-refractivity contribution >= 4 is 29.1 Å². The largest absolute Gasteiger partial charge is 0.461 e. The van der Waals surface area contributed by atoms with Gasteiger partial charge in [0.05, 0.1) is 22.6 Å². The van der Waals surface area contributed by atoms with Crippen LogP contribution in [-0.4, -0.2) is 54.2 Å². The topological polar surface area (TPSA) is 75.6 Å². The summed E-state index contributed by atoms with van der Waals surface area (Å²) in [6.45, 7) is 0.464. The van der Waals surface area contributed by atoms with Gasteiger partial charge in [-0.2, -0.15) is 0 Å². The highest BCUT2D eigenvalue weighted by molar-refractivity contribution is 6.32. The molecule has 0 radical (unpaired) electrons. The second kappa shape index (κ2) is 10.4. The van der Waals surface area contributed by atoms with E-state index in [4.69, 9.17) is 16.3 Å². The van der Waals surface area contributed by atoms with Gasteiger partial charge in [-0.1, -0.05) is 29.8 Å². The number of hydrogen-bond donors (Lipinski definition) is 0. The first kappa shape index (κ1) is 24.1. The number of likely N-dealkylation sites (N-methyl/N-ethyl adjacent to an activating group) is 2. The third-order valence-corrected chi connectivity index (χ3v) is 5.09. The summed E-state index contributed by atoms with van der Waals surface area (Å²) in [5.41, 5.74) is 1.78. The van der Waals surface area contributed by atoms with Crippen molar-refractivity contribution in [2.45, 2.75) is 6.92 Å². The first-order valence-corrected chi connectivity index (χ1v) is 10.2. The molecule has 0 bridgehead atoms. The van der Waals surface area contributed by atoms with Crippen molar-refractivity contribution in [3.63, 3.8) is 0 Å². The minimum atomic E-state index is -1.04. The van der Waals surface area contributed by atoms with Gasteiger partial charge in [0.2, 0.25) is 18.6 Å². The van der Waals surface area contributed by atoms with Gasteiger partial charge in [0.1, 0.15) is 18.1 Å². The Morgan fingerprint density at radius 1 is 1.15 bits per heavy atom. The van der Waals surface area contributed by atoms with Crippen LogP contribution in [0.15, 0.2) is 48.7 Å². The fourth-order valence-electron chi connectivity index (χ4n) is 3.07. The molecular formula is C23H21ClF2N4O3. The number of carbonyl (C=O) groups excluding carboxylic acids is 2. The Morgan fingerprint density at radius 2 is 1.91 bits per heavy atom. The number of hydrogen-bond acceptors (Lipinski definition) is 5. The summed E-state index contributed by atoms with van der Waals surface area (Å²) >= 11 is 6.14. The Hall–Kier alpha value is -3.59. The highest BCUT2D eigenvalue weighted by atomic mass is 35.5. The Morgan fingerprint density at radius 3 is 2.61 bits per heavy atom. The zero-order valence-corrected chi connectivity index (χ0v) is 18.9.